The Morgan fingerprint density at radius 2 is 1.78 bits per heavy atom. The van der Waals surface area contributed by atoms with Gasteiger partial charge < -0.3 is 5.41 Å². The summed E-state index contributed by atoms with van der Waals surface area (Å²) in [5, 5.41) is 12.3. The number of rotatable bonds is 3. The summed E-state index contributed by atoms with van der Waals surface area (Å²) in [6.07, 6.45) is -1.80. The summed E-state index contributed by atoms with van der Waals surface area (Å²) in [7, 11) is 0. The van der Waals surface area contributed by atoms with E-state index in [1.165, 1.54) is 16.8 Å². The minimum Gasteiger partial charge on any atom is -0.307 e. The van der Waals surface area contributed by atoms with E-state index in [4.69, 9.17) is 5.41 Å². The molecular formula is C19H12F3N5. The van der Waals surface area contributed by atoms with Crippen molar-refractivity contribution in [1.82, 2.24) is 19.7 Å². The number of hydrogen-bond donors (Lipinski definition) is 1. The molecule has 1 aromatic carbocycles. The highest BCUT2D eigenvalue weighted by molar-refractivity contribution is 5.85. The summed E-state index contributed by atoms with van der Waals surface area (Å²) in [6, 6.07) is 14.5. The zero-order valence-corrected chi connectivity index (χ0v) is 13.8. The lowest BCUT2D eigenvalue weighted by molar-refractivity contribution is -0.141. The molecule has 0 radical (unpaired) electrons. The lowest BCUT2D eigenvalue weighted by Crippen LogP contribution is -2.10. The molecule has 1 N–H and O–H groups in total. The van der Waals surface area contributed by atoms with E-state index in [-0.39, 0.29) is 5.82 Å². The van der Waals surface area contributed by atoms with E-state index in [0.29, 0.717) is 16.9 Å². The SMILES string of the molecule is N=Cc1cccc(-c2ccc3cnn(-c4cccc(C(F)(F)F)n4)c3c2)n1. The zero-order chi connectivity index (χ0) is 19.0. The average molecular weight is 367 g/mol. The van der Waals surface area contributed by atoms with Gasteiger partial charge in [0.2, 0.25) is 0 Å². The lowest BCUT2D eigenvalue weighted by Gasteiger charge is -2.09. The molecule has 0 atom stereocenters. The second-order valence-electron chi connectivity index (χ2n) is 5.80. The number of aromatic nitrogens is 4. The molecule has 3 aromatic heterocycles. The molecule has 0 aliphatic rings. The number of nitrogens with one attached hydrogen (secondary N) is 1. The Morgan fingerprint density at radius 3 is 2.56 bits per heavy atom. The van der Waals surface area contributed by atoms with Crippen LogP contribution in [0.4, 0.5) is 13.2 Å². The third-order valence-corrected chi connectivity index (χ3v) is 4.03. The van der Waals surface area contributed by atoms with Gasteiger partial charge in [0.25, 0.3) is 0 Å². The number of pyridine rings is 2. The molecule has 0 amide bonds. The van der Waals surface area contributed by atoms with E-state index in [0.717, 1.165) is 23.2 Å². The van der Waals surface area contributed by atoms with Crippen LogP contribution in [-0.2, 0) is 6.18 Å². The molecule has 0 saturated carbocycles. The van der Waals surface area contributed by atoms with E-state index in [1.807, 2.05) is 12.1 Å². The molecule has 0 unspecified atom stereocenters. The fourth-order valence-electron chi connectivity index (χ4n) is 2.75. The summed E-state index contributed by atoms with van der Waals surface area (Å²) in [5.41, 5.74) is 1.57. The second-order valence-corrected chi connectivity index (χ2v) is 5.80. The first kappa shape index (κ1) is 16.9. The fraction of sp³-hybridized carbons (Fsp3) is 0.0526. The summed E-state index contributed by atoms with van der Waals surface area (Å²) < 4.78 is 40.3. The van der Waals surface area contributed by atoms with E-state index >= 15 is 0 Å². The van der Waals surface area contributed by atoms with E-state index in [2.05, 4.69) is 15.1 Å². The van der Waals surface area contributed by atoms with E-state index in [9.17, 15) is 13.2 Å². The number of benzene rings is 1. The Bertz CT molecular complexity index is 1150. The molecule has 4 aromatic rings. The summed E-state index contributed by atoms with van der Waals surface area (Å²) in [5.74, 6) is 0.0816. The standard InChI is InChI=1S/C19H12F3N5/c20-19(21,22)17-5-2-6-18(26-17)27-16-9-12(7-8-13(16)11-24-27)15-4-1-3-14(10-23)25-15/h1-11,23H. The van der Waals surface area contributed by atoms with E-state index in [1.54, 1.807) is 30.5 Å². The van der Waals surface area contributed by atoms with Crippen LogP contribution in [0.15, 0.2) is 60.8 Å². The molecule has 0 aliphatic heterocycles. The van der Waals surface area contributed by atoms with Gasteiger partial charge in [-0.2, -0.15) is 18.3 Å². The van der Waals surface area contributed by atoms with Crippen LogP contribution < -0.4 is 0 Å². The smallest absolute Gasteiger partial charge is 0.307 e. The van der Waals surface area contributed by atoms with Gasteiger partial charge in [0.05, 0.1) is 23.1 Å². The van der Waals surface area contributed by atoms with Crippen LogP contribution in [0.25, 0.3) is 28.0 Å². The Morgan fingerprint density at radius 1 is 0.963 bits per heavy atom. The lowest BCUT2D eigenvalue weighted by atomic mass is 10.1. The van der Waals surface area contributed by atoms with Gasteiger partial charge in [-0.1, -0.05) is 24.3 Å². The van der Waals surface area contributed by atoms with Crippen molar-refractivity contribution in [3.63, 3.8) is 0 Å². The van der Waals surface area contributed by atoms with Gasteiger partial charge in [-0.05, 0) is 30.3 Å². The van der Waals surface area contributed by atoms with Crippen LogP contribution in [0.3, 0.4) is 0 Å². The van der Waals surface area contributed by atoms with Crippen molar-refractivity contribution in [3.05, 3.63) is 72.2 Å². The van der Waals surface area contributed by atoms with Gasteiger partial charge in [0.1, 0.15) is 5.69 Å². The maximum Gasteiger partial charge on any atom is 0.433 e. The molecule has 134 valence electrons. The fourth-order valence-corrected chi connectivity index (χ4v) is 2.75. The number of hydrogen-bond acceptors (Lipinski definition) is 4. The second kappa shape index (κ2) is 6.31. The van der Waals surface area contributed by atoms with Crippen LogP contribution >= 0.6 is 0 Å². The monoisotopic (exact) mass is 367 g/mol. The van der Waals surface area contributed by atoms with Crippen LogP contribution in [0, 0.1) is 5.41 Å². The molecule has 0 fully saturated rings. The van der Waals surface area contributed by atoms with Crippen molar-refractivity contribution in [2.45, 2.75) is 6.18 Å². The van der Waals surface area contributed by atoms with Crippen LogP contribution in [0.5, 0.6) is 0 Å². The van der Waals surface area contributed by atoms with Crippen LogP contribution in [-0.4, -0.2) is 26.0 Å². The highest BCUT2D eigenvalue weighted by Crippen LogP contribution is 2.29. The minimum absolute atomic E-state index is 0.0816. The molecular weight excluding hydrogens is 355 g/mol. The van der Waals surface area contributed by atoms with Crippen molar-refractivity contribution in [1.29, 1.82) is 5.41 Å². The summed E-state index contributed by atoms with van der Waals surface area (Å²) in [6.45, 7) is 0. The molecule has 0 aliphatic carbocycles. The predicted octanol–water partition coefficient (Wildman–Crippen LogP) is 4.50. The third kappa shape index (κ3) is 3.17. The average Bonchev–Trinajstić information content (AvgIpc) is 3.10. The molecule has 0 saturated heterocycles. The highest BCUT2D eigenvalue weighted by Gasteiger charge is 2.32. The molecule has 27 heavy (non-hydrogen) atoms. The number of fused-ring (bicyclic) bond motifs is 1. The number of halogens is 3. The normalized spacial score (nSPS) is 11.7. The zero-order valence-electron chi connectivity index (χ0n) is 13.8. The highest BCUT2D eigenvalue weighted by atomic mass is 19.4. The minimum atomic E-state index is -4.53. The van der Waals surface area contributed by atoms with Gasteiger partial charge in [0.15, 0.2) is 5.82 Å². The third-order valence-electron chi connectivity index (χ3n) is 4.03. The molecule has 3 heterocycles. The molecule has 5 nitrogen and oxygen atoms in total. The summed E-state index contributed by atoms with van der Waals surface area (Å²) in [4.78, 5) is 8.06. The largest absolute Gasteiger partial charge is 0.433 e. The van der Waals surface area contributed by atoms with Crippen molar-refractivity contribution in [2.75, 3.05) is 0 Å². The van der Waals surface area contributed by atoms with E-state index < -0.39 is 11.9 Å². The van der Waals surface area contributed by atoms with Gasteiger partial charge in [0, 0.05) is 17.2 Å². The van der Waals surface area contributed by atoms with Gasteiger partial charge in [-0.15, -0.1) is 0 Å². The summed E-state index contributed by atoms with van der Waals surface area (Å²) >= 11 is 0. The van der Waals surface area contributed by atoms with Crippen molar-refractivity contribution in [2.24, 2.45) is 0 Å². The number of alkyl halides is 3. The van der Waals surface area contributed by atoms with Crippen molar-refractivity contribution >= 4 is 17.1 Å². The topological polar surface area (TPSA) is 67.5 Å². The molecule has 4 rings (SSSR count). The first-order valence-electron chi connectivity index (χ1n) is 7.96. The van der Waals surface area contributed by atoms with Gasteiger partial charge in [-0.3, -0.25) is 0 Å². The van der Waals surface area contributed by atoms with Gasteiger partial charge in [-0.25, -0.2) is 14.6 Å². The first-order chi connectivity index (χ1) is 13.0. The van der Waals surface area contributed by atoms with Crippen molar-refractivity contribution < 1.29 is 13.2 Å². The Labute approximate surface area is 151 Å². The molecule has 0 bridgehead atoms. The van der Waals surface area contributed by atoms with Crippen molar-refractivity contribution in [3.8, 4) is 17.1 Å². The van der Waals surface area contributed by atoms with Gasteiger partial charge >= 0.3 is 6.18 Å². The number of nitrogens with zero attached hydrogens (tertiary/aromatic N) is 4. The Hall–Kier alpha value is -3.55. The Kier molecular flexibility index (Phi) is 3.95. The Balaban J connectivity index is 1.85. The quantitative estimate of drug-likeness (QED) is 0.542. The molecule has 0 spiro atoms. The van der Waals surface area contributed by atoms with Crippen LogP contribution in [0.2, 0.25) is 0 Å². The maximum absolute atomic E-state index is 13.0. The molecule has 8 heteroatoms. The predicted molar refractivity (Wildman–Crippen MR) is 95.0 cm³/mol. The van der Waals surface area contributed by atoms with Crippen LogP contribution in [0.1, 0.15) is 11.4 Å². The maximum atomic E-state index is 13.0. The first-order valence-corrected chi connectivity index (χ1v) is 7.96.